The number of fused-ring (bicyclic) bond motifs is 2. The Morgan fingerprint density at radius 3 is 2.00 bits per heavy atom. The van der Waals surface area contributed by atoms with Crippen molar-refractivity contribution in [2.75, 3.05) is 25.5 Å². The Balaban J connectivity index is 1.18. The van der Waals surface area contributed by atoms with Crippen molar-refractivity contribution in [3.05, 3.63) is 142 Å². The second-order valence-corrected chi connectivity index (χ2v) is 15.5. The highest BCUT2D eigenvalue weighted by Gasteiger charge is 2.25. The van der Waals surface area contributed by atoms with Crippen molar-refractivity contribution in [3.8, 4) is 11.3 Å². The van der Waals surface area contributed by atoms with Gasteiger partial charge in [-0.1, -0.05) is 79.2 Å². The van der Waals surface area contributed by atoms with Crippen molar-refractivity contribution < 1.29 is 9.53 Å². The third kappa shape index (κ3) is 8.73. The first kappa shape index (κ1) is 36.2. The van der Waals surface area contributed by atoms with Crippen LogP contribution in [0.5, 0.6) is 0 Å². The van der Waals surface area contributed by atoms with Crippen LogP contribution in [0.1, 0.15) is 68.7 Å². The zero-order valence-corrected chi connectivity index (χ0v) is 31.3. The maximum absolute atomic E-state index is 13.9. The molecule has 0 amide bonds. The second-order valence-electron chi connectivity index (χ2n) is 15.5. The number of likely N-dealkylation sites (tertiary alicyclic amines) is 1. The Morgan fingerprint density at radius 1 is 0.736 bits per heavy atom. The van der Waals surface area contributed by atoms with Crippen LogP contribution in [-0.2, 0) is 30.8 Å². The largest absolute Gasteiger partial charge is 0.443 e. The molecule has 2 N–H and O–H groups in total. The van der Waals surface area contributed by atoms with E-state index in [1.54, 1.807) is 0 Å². The molecule has 0 saturated carbocycles. The lowest BCUT2D eigenvalue weighted by Crippen LogP contribution is -2.31. The predicted molar refractivity (Wildman–Crippen MR) is 215 cm³/mol. The summed E-state index contributed by atoms with van der Waals surface area (Å²) in [4.78, 5) is 32.8. The van der Waals surface area contributed by atoms with Crippen LogP contribution < -0.4 is 11.4 Å². The van der Waals surface area contributed by atoms with Crippen LogP contribution in [0, 0.1) is 0 Å². The van der Waals surface area contributed by atoms with E-state index in [1.807, 2.05) is 45.0 Å². The van der Waals surface area contributed by atoms with Crippen molar-refractivity contribution >= 4 is 27.9 Å². The van der Waals surface area contributed by atoms with Crippen LogP contribution in [0.3, 0.4) is 0 Å². The van der Waals surface area contributed by atoms with Crippen LogP contribution in [0.25, 0.3) is 33.1 Å². The topological polar surface area (TPSA) is 85.7 Å². The average Bonchev–Trinajstić information content (AvgIpc) is 3.52. The van der Waals surface area contributed by atoms with Gasteiger partial charge in [-0.3, -0.25) is 14.6 Å². The number of rotatable bonds is 11. The minimum absolute atomic E-state index is 0.355. The summed E-state index contributed by atoms with van der Waals surface area (Å²) >= 11 is 0. The minimum atomic E-state index is -0.719. The van der Waals surface area contributed by atoms with Gasteiger partial charge in [-0.15, -0.1) is 0 Å². The minimum Gasteiger partial charge on any atom is -0.443 e. The zero-order chi connectivity index (χ0) is 37.0. The van der Waals surface area contributed by atoms with Crippen molar-refractivity contribution in [1.29, 1.82) is 0 Å². The Bertz CT molecular complexity index is 2200. The predicted octanol–water partition coefficient (Wildman–Crippen LogP) is 8.74. The number of pyridine rings is 1. The molecule has 6 aromatic rings. The fraction of sp³-hybridized carbons (Fsp3) is 0.333. The van der Waals surface area contributed by atoms with E-state index in [9.17, 15) is 9.59 Å². The first-order valence-corrected chi connectivity index (χ1v) is 19.0. The molecule has 0 spiro atoms. The molecule has 0 radical (unpaired) electrons. The first-order chi connectivity index (χ1) is 25.6. The Kier molecular flexibility index (Phi) is 10.8. The molecule has 274 valence electrons. The number of nitrogens with zero attached hydrogens (tertiary/aromatic N) is 4. The van der Waals surface area contributed by atoms with Crippen LogP contribution in [0.15, 0.2) is 114 Å². The zero-order valence-electron chi connectivity index (χ0n) is 31.3. The summed E-state index contributed by atoms with van der Waals surface area (Å²) in [6.45, 7) is 11.3. The molecule has 4 aromatic carbocycles. The standard InChI is InChI=1S/C45H51N5O3/c1-45(2,3)53-44(52)49-40-21-20-36(32-47-23-11-6-12-24-47)27-38(40)29-42(49)39-28-37-26-33(19-22-41(37)50(46)43(39)51)18-13-25-48(30-34-14-7-4-8-15-34)31-35-16-9-5-10-17-35/h4-5,7-10,14-17,19-22,26-29H,6,11-13,18,23-25,30-32,46H2,1-3H3. The van der Waals surface area contributed by atoms with E-state index in [1.165, 1.54) is 45.2 Å². The maximum atomic E-state index is 13.9. The SMILES string of the molecule is CC(C)(C)OC(=O)n1c(-c2cc3cc(CCCN(Cc4ccccc4)Cc4ccccc4)ccc3n(N)c2=O)cc2cc(CN3CCCCC3)ccc21. The fourth-order valence-corrected chi connectivity index (χ4v) is 7.58. The highest BCUT2D eigenvalue weighted by Crippen LogP contribution is 2.31. The monoisotopic (exact) mass is 709 g/mol. The molecule has 53 heavy (non-hydrogen) atoms. The summed E-state index contributed by atoms with van der Waals surface area (Å²) in [6, 6.07) is 37.3. The molecule has 0 unspecified atom stereocenters. The summed E-state index contributed by atoms with van der Waals surface area (Å²) in [5.41, 5.74) is 6.01. The van der Waals surface area contributed by atoms with Gasteiger partial charge in [-0.2, -0.15) is 0 Å². The van der Waals surface area contributed by atoms with Gasteiger partial charge >= 0.3 is 6.09 Å². The molecule has 0 bridgehead atoms. The van der Waals surface area contributed by atoms with E-state index in [0.29, 0.717) is 22.3 Å². The van der Waals surface area contributed by atoms with Gasteiger partial charge in [-0.25, -0.2) is 14.0 Å². The molecule has 1 saturated heterocycles. The number of hydrogen-bond acceptors (Lipinski definition) is 6. The number of aromatic nitrogens is 2. The maximum Gasteiger partial charge on any atom is 0.419 e. The molecule has 7 rings (SSSR count). The lowest BCUT2D eigenvalue weighted by atomic mass is 10.0. The molecule has 1 aliphatic heterocycles. The van der Waals surface area contributed by atoms with Crippen LogP contribution in [0.4, 0.5) is 4.79 Å². The van der Waals surface area contributed by atoms with Crippen molar-refractivity contribution in [2.45, 2.75) is 78.1 Å². The van der Waals surface area contributed by atoms with Crippen LogP contribution >= 0.6 is 0 Å². The van der Waals surface area contributed by atoms with Gasteiger partial charge in [0.2, 0.25) is 0 Å². The van der Waals surface area contributed by atoms with E-state index < -0.39 is 11.7 Å². The van der Waals surface area contributed by atoms with Gasteiger partial charge in [0.1, 0.15) is 5.60 Å². The number of carbonyl (C=O) groups is 1. The highest BCUT2D eigenvalue weighted by molar-refractivity contribution is 5.97. The van der Waals surface area contributed by atoms with Crippen LogP contribution in [0.2, 0.25) is 0 Å². The van der Waals surface area contributed by atoms with Crippen molar-refractivity contribution in [1.82, 2.24) is 19.0 Å². The molecule has 8 nitrogen and oxygen atoms in total. The van der Waals surface area contributed by atoms with Gasteiger partial charge in [-0.05, 0) is 125 Å². The third-order valence-electron chi connectivity index (χ3n) is 10.1. The first-order valence-electron chi connectivity index (χ1n) is 19.0. The summed E-state index contributed by atoms with van der Waals surface area (Å²) in [6.07, 6.45) is 5.03. The summed E-state index contributed by atoms with van der Waals surface area (Å²) < 4.78 is 8.63. The lowest BCUT2D eigenvalue weighted by Gasteiger charge is -2.26. The normalized spacial score (nSPS) is 14.0. The number of benzene rings is 4. The van der Waals surface area contributed by atoms with Crippen molar-refractivity contribution in [2.24, 2.45) is 0 Å². The molecule has 3 heterocycles. The van der Waals surface area contributed by atoms with Gasteiger partial charge in [0.15, 0.2) is 0 Å². The molecule has 1 fully saturated rings. The van der Waals surface area contributed by atoms with Gasteiger partial charge < -0.3 is 10.6 Å². The summed E-state index contributed by atoms with van der Waals surface area (Å²) in [5, 5.41) is 1.73. The number of piperidine rings is 1. The number of hydrogen-bond donors (Lipinski definition) is 1. The molecule has 0 aliphatic carbocycles. The summed E-state index contributed by atoms with van der Waals surface area (Å²) in [5.74, 6) is 6.51. The molecule has 2 aromatic heterocycles. The van der Waals surface area contributed by atoms with Gasteiger partial charge in [0.25, 0.3) is 5.56 Å². The Labute approximate surface area is 312 Å². The number of ether oxygens (including phenoxy) is 1. The quantitative estimate of drug-likeness (QED) is 0.136. The Morgan fingerprint density at radius 2 is 1.34 bits per heavy atom. The highest BCUT2D eigenvalue weighted by atomic mass is 16.6. The van der Waals surface area contributed by atoms with E-state index in [-0.39, 0.29) is 5.56 Å². The molecular formula is C45H51N5O3. The van der Waals surface area contributed by atoms with E-state index in [4.69, 9.17) is 10.6 Å². The smallest absolute Gasteiger partial charge is 0.419 e. The summed E-state index contributed by atoms with van der Waals surface area (Å²) in [7, 11) is 0. The Hall–Kier alpha value is -5.18. The molecule has 0 atom stereocenters. The third-order valence-corrected chi connectivity index (χ3v) is 10.1. The average molecular weight is 710 g/mol. The van der Waals surface area contributed by atoms with Gasteiger partial charge in [0.05, 0.1) is 22.3 Å². The molecule has 8 heteroatoms. The fourth-order valence-electron chi connectivity index (χ4n) is 7.58. The van der Waals surface area contributed by atoms with Gasteiger partial charge in [0, 0.05) is 30.4 Å². The second kappa shape index (κ2) is 15.8. The number of carbonyl (C=O) groups excluding carboxylic acids is 1. The number of aryl methyl sites for hydroxylation is 1. The van der Waals surface area contributed by atoms with Crippen molar-refractivity contribution in [3.63, 3.8) is 0 Å². The van der Waals surface area contributed by atoms with Crippen LogP contribution in [-0.4, -0.2) is 50.4 Å². The molecular weight excluding hydrogens is 659 g/mol. The van der Waals surface area contributed by atoms with E-state index >= 15 is 0 Å². The van der Waals surface area contributed by atoms with E-state index in [2.05, 4.69) is 94.7 Å². The number of nitrogen functional groups attached to an aromatic ring is 1. The molecule has 1 aliphatic rings. The number of nitrogens with two attached hydrogens (primary N) is 1. The lowest BCUT2D eigenvalue weighted by molar-refractivity contribution is 0.0547. The van der Waals surface area contributed by atoms with E-state index in [0.717, 1.165) is 68.4 Å².